The summed E-state index contributed by atoms with van der Waals surface area (Å²) in [4.78, 5) is 27.2. The summed E-state index contributed by atoms with van der Waals surface area (Å²) in [6, 6.07) is 18.6. The van der Waals surface area contributed by atoms with Crippen LogP contribution in [-0.2, 0) is 4.79 Å². The Hall–Kier alpha value is -2.66. The molecule has 1 saturated carbocycles. The molecule has 5 heteroatoms. The maximum absolute atomic E-state index is 13.3. The second-order valence-electron chi connectivity index (χ2n) is 8.85. The molecule has 0 unspecified atom stereocenters. The molecule has 164 valence electrons. The van der Waals surface area contributed by atoms with Gasteiger partial charge in [0.2, 0.25) is 11.8 Å². The molecule has 0 bridgehead atoms. The normalized spacial score (nSPS) is 21.1. The number of rotatable bonds is 10. The highest BCUT2D eigenvalue weighted by atomic mass is 16.2. The highest BCUT2D eigenvalue weighted by Crippen LogP contribution is 2.40. The number of primary amides is 1. The molecule has 3 atom stereocenters. The first-order valence-corrected chi connectivity index (χ1v) is 11.6. The first-order valence-electron chi connectivity index (χ1n) is 11.6. The Kier molecular flexibility index (Phi) is 7.03. The van der Waals surface area contributed by atoms with Gasteiger partial charge in [0, 0.05) is 30.6 Å². The summed E-state index contributed by atoms with van der Waals surface area (Å²) < 4.78 is 0. The number of likely N-dealkylation sites (tertiary alicyclic amines) is 1. The fourth-order valence-corrected chi connectivity index (χ4v) is 4.85. The summed E-state index contributed by atoms with van der Waals surface area (Å²) in [7, 11) is 0. The van der Waals surface area contributed by atoms with E-state index in [1.165, 1.54) is 12.0 Å². The van der Waals surface area contributed by atoms with E-state index in [0.29, 0.717) is 17.5 Å². The van der Waals surface area contributed by atoms with Crippen molar-refractivity contribution in [1.82, 2.24) is 10.2 Å². The van der Waals surface area contributed by atoms with Crippen LogP contribution in [0.15, 0.2) is 54.6 Å². The van der Waals surface area contributed by atoms with Crippen molar-refractivity contribution in [2.24, 2.45) is 5.73 Å². The Morgan fingerprint density at radius 1 is 1.00 bits per heavy atom. The molecule has 3 N–H and O–H groups in total. The first kappa shape index (κ1) is 21.6. The van der Waals surface area contributed by atoms with Crippen LogP contribution >= 0.6 is 0 Å². The summed E-state index contributed by atoms with van der Waals surface area (Å²) in [6.07, 6.45) is 6.02. The number of hydrogen-bond acceptors (Lipinski definition) is 3. The van der Waals surface area contributed by atoms with Gasteiger partial charge in [-0.05, 0) is 55.8 Å². The van der Waals surface area contributed by atoms with Gasteiger partial charge >= 0.3 is 0 Å². The summed E-state index contributed by atoms with van der Waals surface area (Å²) in [5.74, 6) is 0.0237. The molecule has 2 amide bonds. The first-order chi connectivity index (χ1) is 15.1. The molecule has 0 spiro atoms. The number of unbranched alkanes of at least 4 members (excludes halogenated alkanes) is 1. The topological polar surface area (TPSA) is 75.4 Å². The Labute approximate surface area is 185 Å². The van der Waals surface area contributed by atoms with Gasteiger partial charge in [-0.1, -0.05) is 55.0 Å². The average molecular weight is 420 g/mol. The number of carbonyl (C=O) groups is 2. The van der Waals surface area contributed by atoms with Crippen LogP contribution in [0.25, 0.3) is 0 Å². The zero-order valence-corrected chi connectivity index (χ0v) is 18.1. The minimum Gasteiger partial charge on any atom is -0.366 e. The minimum atomic E-state index is -0.461. The smallest absolute Gasteiger partial charge is 0.249 e. The summed E-state index contributed by atoms with van der Waals surface area (Å²) in [5.41, 5.74) is 8.28. The fourth-order valence-electron chi connectivity index (χ4n) is 4.85. The molecule has 2 aromatic rings. The quantitative estimate of drug-likeness (QED) is 0.575. The van der Waals surface area contributed by atoms with E-state index in [1.807, 2.05) is 23.1 Å². The molecule has 2 aliphatic rings. The number of benzene rings is 2. The van der Waals surface area contributed by atoms with E-state index >= 15 is 0 Å². The molecular formula is C26H33N3O2. The summed E-state index contributed by atoms with van der Waals surface area (Å²) in [6.45, 7) is 2.59. The third kappa shape index (κ3) is 5.34. The maximum Gasteiger partial charge on any atom is 0.249 e. The Balaban J connectivity index is 1.32. The number of amides is 2. The number of nitrogens with two attached hydrogens (primary N) is 1. The Morgan fingerprint density at radius 3 is 2.45 bits per heavy atom. The average Bonchev–Trinajstić information content (AvgIpc) is 3.35. The van der Waals surface area contributed by atoms with Gasteiger partial charge in [0.25, 0.3) is 0 Å². The molecule has 0 radical (unpaired) electrons. The molecule has 1 saturated heterocycles. The second-order valence-corrected chi connectivity index (χ2v) is 8.85. The van der Waals surface area contributed by atoms with E-state index < -0.39 is 5.91 Å². The molecular weight excluding hydrogens is 386 g/mol. The van der Waals surface area contributed by atoms with Gasteiger partial charge in [0.15, 0.2) is 0 Å². The number of hydrogen-bond donors (Lipinski definition) is 2. The van der Waals surface area contributed by atoms with Gasteiger partial charge in [0.1, 0.15) is 0 Å². The van der Waals surface area contributed by atoms with Gasteiger partial charge in [-0.3, -0.25) is 9.59 Å². The lowest BCUT2D eigenvalue weighted by atomic mass is 9.88. The van der Waals surface area contributed by atoms with Gasteiger partial charge < -0.3 is 16.0 Å². The van der Waals surface area contributed by atoms with Crippen LogP contribution in [0.2, 0.25) is 0 Å². The molecule has 31 heavy (non-hydrogen) atoms. The van der Waals surface area contributed by atoms with Crippen molar-refractivity contribution < 1.29 is 9.59 Å². The van der Waals surface area contributed by atoms with E-state index in [-0.39, 0.29) is 11.8 Å². The van der Waals surface area contributed by atoms with Gasteiger partial charge in [-0.15, -0.1) is 0 Å². The molecule has 2 fully saturated rings. The number of carbonyl (C=O) groups excluding carboxylic acids is 2. The van der Waals surface area contributed by atoms with Gasteiger partial charge in [-0.25, -0.2) is 0 Å². The SMILES string of the molecule is NC(=O)c1ccccc1[C@H](CCCCN[C@@H]1C[C@H]1c1ccccc1)C(=O)N1CCCC1. The number of nitrogens with zero attached hydrogens (tertiary/aromatic N) is 1. The summed E-state index contributed by atoms with van der Waals surface area (Å²) >= 11 is 0. The van der Waals surface area contributed by atoms with Crippen LogP contribution in [0.3, 0.4) is 0 Å². The Bertz CT molecular complexity index is 893. The molecule has 0 aromatic heterocycles. The highest BCUT2D eigenvalue weighted by molar-refractivity contribution is 5.97. The van der Waals surface area contributed by atoms with E-state index in [9.17, 15) is 9.59 Å². The van der Waals surface area contributed by atoms with Crippen molar-refractivity contribution >= 4 is 11.8 Å². The van der Waals surface area contributed by atoms with Crippen molar-refractivity contribution in [3.63, 3.8) is 0 Å². The van der Waals surface area contributed by atoms with Crippen molar-refractivity contribution in [2.75, 3.05) is 19.6 Å². The Morgan fingerprint density at radius 2 is 1.71 bits per heavy atom. The molecule has 2 aromatic carbocycles. The molecule has 1 aliphatic carbocycles. The largest absolute Gasteiger partial charge is 0.366 e. The zero-order chi connectivity index (χ0) is 21.6. The van der Waals surface area contributed by atoms with Crippen molar-refractivity contribution in [2.45, 2.75) is 56.4 Å². The van der Waals surface area contributed by atoms with Crippen LogP contribution < -0.4 is 11.1 Å². The van der Waals surface area contributed by atoms with E-state index in [4.69, 9.17) is 5.73 Å². The lowest BCUT2D eigenvalue weighted by Crippen LogP contribution is -2.33. The monoisotopic (exact) mass is 419 g/mol. The second kappa shape index (κ2) is 10.1. The van der Waals surface area contributed by atoms with Crippen molar-refractivity contribution in [3.8, 4) is 0 Å². The van der Waals surface area contributed by atoms with Crippen LogP contribution in [-0.4, -0.2) is 42.4 Å². The number of nitrogens with one attached hydrogen (secondary N) is 1. The van der Waals surface area contributed by atoms with Gasteiger partial charge in [-0.2, -0.15) is 0 Å². The molecule has 5 nitrogen and oxygen atoms in total. The van der Waals surface area contributed by atoms with E-state index in [2.05, 4.69) is 35.6 Å². The third-order valence-corrected chi connectivity index (χ3v) is 6.66. The van der Waals surface area contributed by atoms with E-state index in [0.717, 1.165) is 57.3 Å². The van der Waals surface area contributed by atoms with Crippen molar-refractivity contribution in [1.29, 1.82) is 0 Å². The minimum absolute atomic E-state index is 0.144. The van der Waals surface area contributed by atoms with Crippen LogP contribution in [0.4, 0.5) is 0 Å². The van der Waals surface area contributed by atoms with Gasteiger partial charge in [0.05, 0.1) is 5.92 Å². The molecule has 1 heterocycles. The molecule has 1 aliphatic heterocycles. The van der Waals surface area contributed by atoms with Crippen LogP contribution in [0.5, 0.6) is 0 Å². The highest BCUT2D eigenvalue weighted by Gasteiger charge is 2.37. The lowest BCUT2D eigenvalue weighted by molar-refractivity contribution is -0.131. The van der Waals surface area contributed by atoms with Crippen LogP contribution in [0.1, 0.15) is 71.8 Å². The predicted octanol–water partition coefficient (Wildman–Crippen LogP) is 3.81. The summed E-state index contributed by atoms with van der Waals surface area (Å²) in [5, 5.41) is 3.66. The predicted molar refractivity (Wildman–Crippen MR) is 123 cm³/mol. The molecule has 4 rings (SSSR count). The standard InChI is InChI=1S/C26H33N3O2/c27-25(30)21-13-5-4-12-20(21)22(26(31)29-16-8-9-17-29)14-6-7-15-28-24-18-23(24)19-10-2-1-3-11-19/h1-5,10-13,22-24,28H,6-9,14-18H2,(H2,27,30)/t22-,23-,24+/m0/s1. The fraction of sp³-hybridized carbons (Fsp3) is 0.462. The third-order valence-electron chi connectivity index (χ3n) is 6.66. The maximum atomic E-state index is 13.3. The van der Waals surface area contributed by atoms with E-state index in [1.54, 1.807) is 6.07 Å². The zero-order valence-electron chi connectivity index (χ0n) is 18.1. The lowest BCUT2D eigenvalue weighted by Gasteiger charge is -2.25. The van der Waals surface area contributed by atoms with Crippen LogP contribution in [0, 0.1) is 0 Å². The van der Waals surface area contributed by atoms with Crippen molar-refractivity contribution in [3.05, 3.63) is 71.3 Å².